The number of hydrogen-bond donors (Lipinski definition) is 1. The molecule has 0 aliphatic carbocycles. The van der Waals surface area contributed by atoms with Gasteiger partial charge in [0.05, 0.1) is 28.9 Å². The molecule has 2 aromatic carbocycles. The van der Waals surface area contributed by atoms with Crippen molar-refractivity contribution in [1.82, 2.24) is 9.78 Å². The first kappa shape index (κ1) is 29.0. The lowest BCUT2D eigenvalue weighted by Crippen LogP contribution is -2.27. The molecule has 0 bridgehead atoms. The van der Waals surface area contributed by atoms with Crippen molar-refractivity contribution < 1.29 is 23.8 Å². The Balaban J connectivity index is 0.00000205. The van der Waals surface area contributed by atoms with Crippen LogP contribution in [0.25, 0.3) is 24.1 Å². The van der Waals surface area contributed by atoms with E-state index in [1.54, 1.807) is 28.9 Å². The minimum Gasteiger partial charge on any atom is -0.491 e. The van der Waals surface area contributed by atoms with Gasteiger partial charge in [-0.05, 0) is 86.0 Å². The molecule has 0 aliphatic heterocycles. The molecule has 0 saturated heterocycles. The maximum absolute atomic E-state index is 11.2. The Morgan fingerprint density at radius 2 is 1.82 bits per heavy atom. The summed E-state index contributed by atoms with van der Waals surface area (Å²) in [6.45, 7) is 18.8. The van der Waals surface area contributed by atoms with Gasteiger partial charge in [-0.15, -0.1) is 0 Å². The minimum absolute atomic E-state index is 0.225. The third-order valence-corrected chi connectivity index (χ3v) is 5.97. The minimum atomic E-state index is -0.965. The summed E-state index contributed by atoms with van der Waals surface area (Å²) in [7, 11) is 0. The molecule has 0 radical (unpaired) electrons. The van der Waals surface area contributed by atoms with Crippen LogP contribution in [0.15, 0.2) is 65.6 Å². The van der Waals surface area contributed by atoms with Crippen LogP contribution >= 0.6 is 0 Å². The van der Waals surface area contributed by atoms with E-state index in [9.17, 15) is 4.79 Å². The molecule has 0 amide bonds. The Morgan fingerprint density at radius 3 is 2.46 bits per heavy atom. The Labute approximate surface area is 229 Å². The van der Waals surface area contributed by atoms with Crippen LogP contribution in [0.5, 0.6) is 5.75 Å². The molecule has 7 heteroatoms. The molecule has 2 heterocycles. The molecule has 0 spiro atoms. The second-order valence-electron chi connectivity index (χ2n) is 8.49. The Hall–Kier alpha value is -4.52. The predicted molar refractivity (Wildman–Crippen MR) is 154 cm³/mol. The molecule has 4 aromatic rings. The van der Waals surface area contributed by atoms with Gasteiger partial charge in [0.1, 0.15) is 18.1 Å². The molecule has 2 aromatic heterocycles. The molecule has 4 rings (SSSR count). The first-order valence-electron chi connectivity index (χ1n) is 13.1. The van der Waals surface area contributed by atoms with E-state index in [1.165, 1.54) is 0 Å². The van der Waals surface area contributed by atoms with E-state index < -0.39 is 5.97 Å². The van der Waals surface area contributed by atoms with Crippen LogP contribution < -0.4 is 15.3 Å². The zero-order chi connectivity index (χ0) is 28.5. The number of hydrogen-bond acceptors (Lipinski definition) is 5. The zero-order valence-corrected chi connectivity index (χ0v) is 23.3. The summed E-state index contributed by atoms with van der Waals surface area (Å²) in [5.41, 5.74) is 3.88. The number of rotatable bonds is 10. The Bertz CT molecular complexity index is 1540. The van der Waals surface area contributed by atoms with Gasteiger partial charge in [0, 0.05) is 5.22 Å². The van der Waals surface area contributed by atoms with Gasteiger partial charge < -0.3 is 19.0 Å². The molecule has 0 atom stereocenters. The van der Waals surface area contributed by atoms with E-state index in [-0.39, 0.29) is 5.56 Å². The highest BCUT2D eigenvalue weighted by Gasteiger charge is 2.10. The molecule has 204 valence electrons. The summed E-state index contributed by atoms with van der Waals surface area (Å²) < 4.78 is 19.0. The van der Waals surface area contributed by atoms with E-state index in [1.807, 2.05) is 58.0 Å². The van der Waals surface area contributed by atoms with E-state index in [0.717, 1.165) is 45.2 Å². The second-order valence-corrected chi connectivity index (χ2v) is 8.49. The third kappa shape index (κ3) is 6.87. The van der Waals surface area contributed by atoms with Gasteiger partial charge in [-0.1, -0.05) is 40.0 Å². The highest BCUT2D eigenvalue weighted by atomic mass is 16.5. The van der Waals surface area contributed by atoms with Crippen LogP contribution in [0, 0.1) is 6.92 Å². The average molecular weight is 529 g/mol. The molecule has 39 heavy (non-hydrogen) atoms. The number of furan rings is 1. The Morgan fingerprint density at radius 1 is 1.10 bits per heavy atom. The van der Waals surface area contributed by atoms with E-state index in [0.29, 0.717) is 30.5 Å². The highest BCUT2D eigenvalue weighted by Crippen LogP contribution is 2.24. The van der Waals surface area contributed by atoms with Crippen molar-refractivity contribution in [1.29, 1.82) is 0 Å². The summed E-state index contributed by atoms with van der Waals surface area (Å²) in [5, 5.41) is 15.4. The molecular weight excluding hydrogens is 492 g/mol. The number of aromatic carboxylic acids is 1. The highest BCUT2D eigenvalue weighted by molar-refractivity contribution is 5.87. The number of carboxylic acids is 1. The fourth-order valence-electron chi connectivity index (χ4n) is 4.01. The number of carboxylic acid groups (broad SMARTS) is 1. The van der Waals surface area contributed by atoms with E-state index in [2.05, 4.69) is 31.2 Å². The fourth-order valence-corrected chi connectivity index (χ4v) is 4.01. The maximum atomic E-state index is 11.2. The van der Waals surface area contributed by atoms with Gasteiger partial charge in [0.2, 0.25) is 0 Å². The van der Waals surface area contributed by atoms with Crippen molar-refractivity contribution in [3.8, 4) is 11.4 Å². The molecule has 0 fully saturated rings. The SMILES string of the molecule is C=C(OCC)c1ccc(COc2ccc(/C=c3/c(C)nn(-c4ccc(C(=O)O)cc4)c3=C)cc2CC)o1.CC. The van der Waals surface area contributed by atoms with Crippen molar-refractivity contribution >= 4 is 24.4 Å². The number of aryl methyl sites for hydroxylation is 2. The van der Waals surface area contributed by atoms with Gasteiger partial charge in [-0.25, -0.2) is 9.48 Å². The standard InChI is InChI=1S/C30H30N2O5.C2H6/c1-6-23-16-22(8-14-29(23)36-18-26-13-15-28(37-26)21(5)35-7-2)17-27-19(3)31-32(20(27)4)25-11-9-24(10-12-25)30(33)34;1-2/h8-17H,4-7,18H2,1-3H3,(H,33,34);1-2H3/b27-17-;. The summed E-state index contributed by atoms with van der Waals surface area (Å²) in [6.07, 6.45) is 2.85. The largest absolute Gasteiger partial charge is 0.491 e. The lowest BCUT2D eigenvalue weighted by Gasteiger charge is -2.10. The monoisotopic (exact) mass is 528 g/mol. The van der Waals surface area contributed by atoms with Gasteiger partial charge in [-0.3, -0.25) is 0 Å². The third-order valence-electron chi connectivity index (χ3n) is 5.97. The molecular formula is C32H36N2O5. The number of nitrogens with zero attached hydrogens (tertiary/aromatic N) is 2. The van der Waals surface area contributed by atoms with Gasteiger partial charge in [-0.2, -0.15) is 5.10 Å². The Kier molecular flexibility index (Phi) is 9.92. The van der Waals surface area contributed by atoms with Crippen molar-refractivity contribution in [2.45, 2.75) is 47.6 Å². The predicted octanol–water partition coefficient (Wildman–Crippen LogP) is 5.89. The smallest absolute Gasteiger partial charge is 0.335 e. The van der Waals surface area contributed by atoms with Crippen molar-refractivity contribution in [3.63, 3.8) is 0 Å². The topological polar surface area (TPSA) is 86.7 Å². The quantitative estimate of drug-likeness (QED) is 0.259. The van der Waals surface area contributed by atoms with Crippen LogP contribution in [0.3, 0.4) is 0 Å². The fraction of sp³-hybridized carbons (Fsp3) is 0.250. The van der Waals surface area contributed by atoms with Crippen LogP contribution in [0.2, 0.25) is 0 Å². The lowest BCUT2D eigenvalue weighted by molar-refractivity contribution is 0.0697. The molecule has 7 nitrogen and oxygen atoms in total. The first-order valence-corrected chi connectivity index (χ1v) is 13.1. The number of carbonyl (C=O) groups is 1. The van der Waals surface area contributed by atoms with E-state index >= 15 is 0 Å². The second kappa shape index (κ2) is 13.3. The van der Waals surface area contributed by atoms with Crippen molar-refractivity contribution in [2.75, 3.05) is 6.61 Å². The molecule has 0 aliphatic rings. The van der Waals surface area contributed by atoms with Crippen LogP contribution in [-0.2, 0) is 17.8 Å². The lowest BCUT2D eigenvalue weighted by atomic mass is 10.1. The van der Waals surface area contributed by atoms with Gasteiger partial charge >= 0.3 is 5.97 Å². The summed E-state index contributed by atoms with van der Waals surface area (Å²) in [4.78, 5) is 11.2. The van der Waals surface area contributed by atoms with Crippen LogP contribution in [0.1, 0.15) is 66.4 Å². The first-order chi connectivity index (χ1) is 18.8. The normalized spacial score (nSPS) is 11.1. The number of ether oxygens (including phenoxy) is 2. The molecule has 1 N–H and O–H groups in total. The molecule has 0 unspecified atom stereocenters. The summed E-state index contributed by atoms with van der Waals surface area (Å²) >= 11 is 0. The van der Waals surface area contributed by atoms with Crippen molar-refractivity contribution in [3.05, 3.63) is 106 Å². The summed E-state index contributed by atoms with van der Waals surface area (Å²) in [6, 6.07) is 16.3. The number of benzene rings is 2. The van der Waals surface area contributed by atoms with Gasteiger partial charge in [0.25, 0.3) is 0 Å². The number of aromatic nitrogens is 2. The summed E-state index contributed by atoms with van der Waals surface area (Å²) in [5.74, 6) is 1.62. The van der Waals surface area contributed by atoms with Crippen LogP contribution in [0.4, 0.5) is 0 Å². The molecule has 0 saturated carbocycles. The van der Waals surface area contributed by atoms with Crippen LogP contribution in [-0.4, -0.2) is 27.5 Å². The van der Waals surface area contributed by atoms with Gasteiger partial charge in [0.15, 0.2) is 11.5 Å². The van der Waals surface area contributed by atoms with Crippen molar-refractivity contribution in [2.24, 2.45) is 0 Å². The van der Waals surface area contributed by atoms with E-state index in [4.69, 9.17) is 19.0 Å². The zero-order valence-electron chi connectivity index (χ0n) is 23.3. The maximum Gasteiger partial charge on any atom is 0.335 e. The average Bonchev–Trinajstić information content (AvgIpc) is 3.54.